The van der Waals surface area contributed by atoms with Crippen LogP contribution in [-0.2, 0) is 9.59 Å². The van der Waals surface area contributed by atoms with Crippen LogP contribution in [0.3, 0.4) is 0 Å². The lowest BCUT2D eigenvalue weighted by Gasteiger charge is -2.60. The van der Waals surface area contributed by atoms with Crippen molar-refractivity contribution in [1.29, 1.82) is 0 Å². The van der Waals surface area contributed by atoms with E-state index in [1.165, 1.54) is 32.1 Å². The van der Waals surface area contributed by atoms with E-state index in [0.717, 1.165) is 25.2 Å². The Balaban J connectivity index is 1.74. The molecule has 2 nitrogen and oxygen atoms in total. The third-order valence-corrected chi connectivity index (χ3v) is 9.88. The van der Waals surface area contributed by atoms with Gasteiger partial charge in [-0.1, -0.05) is 33.6 Å². The maximum atomic E-state index is 13.0. The van der Waals surface area contributed by atoms with Crippen molar-refractivity contribution >= 4 is 23.2 Å². The second-order valence-electron chi connectivity index (χ2n) is 9.58. The molecule has 0 saturated heterocycles. The Labute approximate surface area is 151 Å². The van der Waals surface area contributed by atoms with E-state index in [1.807, 2.05) is 6.92 Å². The van der Waals surface area contributed by atoms with Crippen LogP contribution in [0.5, 0.6) is 0 Å². The Kier molecular flexibility index (Phi) is 3.78. The zero-order chi connectivity index (χ0) is 17.3. The fraction of sp³-hybridized carbons (Fsp3) is 0.905. The largest absolute Gasteiger partial charge is 0.290 e. The molecule has 0 aromatic rings. The molecule has 0 N–H and O–H groups in total. The van der Waals surface area contributed by atoms with Gasteiger partial charge >= 0.3 is 0 Å². The minimum Gasteiger partial charge on any atom is -0.290 e. The average Bonchev–Trinajstić information content (AvgIpc) is 2.73. The first kappa shape index (κ1) is 17.1. The summed E-state index contributed by atoms with van der Waals surface area (Å²) in [4.78, 5) is 24.8. The van der Waals surface area contributed by atoms with Gasteiger partial charge in [-0.3, -0.25) is 9.59 Å². The van der Waals surface area contributed by atoms with Crippen LogP contribution >= 0.6 is 11.6 Å². The van der Waals surface area contributed by atoms with Gasteiger partial charge in [0, 0.05) is 11.3 Å². The summed E-state index contributed by atoms with van der Waals surface area (Å²) in [5.41, 5.74) is 0.0477. The predicted octanol–water partition coefficient (Wildman–Crippen LogP) is 5.16. The second-order valence-corrected chi connectivity index (χ2v) is 10.2. The van der Waals surface area contributed by atoms with Gasteiger partial charge in [0.15, 0.2) is 0 Å². The van der Waals surface area contributed by atoms with Crippen LogP contribution in [0, 0.1) is 34.5 Å². The maximum absolute atomic E-state index is 13.0. The quantitative estimate of drug-likeness (QED) is 0.483. The first-order valence-corrected chi connectivity index (χ1v) is 10.4. The van der Waals surface area contributed by atoms with Crippen molar-refractivity contribution in [3.63, 3.8) is 0 Å². The van der Waals surface area contributed by atoms with E-state index in [1.54, 1.807) is 0 Å². The van der Waals surface area contributed by atoms with Gasteiger partial charge in [0.25, 0.3) is 0 Å². The molecule has 4 aliphatic carbocycles. The highest BCUT2D eigenvalue weighted by Gasteiger charge is 2.70. The fourth-order valence-corrected chi connectivity index (χ4v) is 7.90. The number of halogens is 1. The van der Waals surface area contributed by atoms with Crippen molar-refractivity contribution in [2.45, 2.75) is 83.4 Å². The third kappa shape index (κ3) is 1.85. The van der Waals surface area contributed by atoms with Gasteiger partial charge in [-0.2, -0.15) is 0 Å². The number of hydrogen-bond acceptors (Lipinski definition) is 2. The highest BCUT2D eigenvalue weighted by Crippen LogP contribution is 2.68. The Morgan fingerprint density at radius 2 is 1.79 bits per heavy atom. The SMILES string of the molecule is CC[C@@]1(Cl)C(=O)C(=O)[C@H]2[C@@H]3CCC4CCCC[C@]4(C)[C@H]3CC[C@@]21C. The summed E-state index contributed by atoms with van der Waals surface area (Å²) in [7, 11) is 0. The molecule has 0 amide bonds. The van der Waals surface area contributed by atoms with Crippen molar-refractivity contribution in [3.8, 4) is 0 Å². The van der Waals surface area contributed by atoms with Gasteiger partial charge in [0.05, 0.1) is 0 Å². The number of Topliss-reactive ketones (excluding diaryl/α,β-unsaturated/α-hetero) is 2. The van der Waals surface area contributed by atoms with E-state index in [4.69, 9.17) is 11.6 Å². The Morgan fingerprint density at radius 3 is 2.50 bits per heavy atom. The number of hydrogen-bond donors (Lipinski definition) is 0. The summed E-state index contributed by atoms with van der Waals surface area (Å²) >= 11 is 6.85. The van der Waals surface area contributed by atoms with Crippen molar-refractivity contribution in [2.75, 3.05) is 0 Å². The Morgan fingerprint density at radius 1 is 1.04 bits per heavy atom. The first-order chi connectivity index (χ1) is 11.3. The number of ketones is 2. The third-order valence-electron chi connectivity index (χ3n) is 9.01. The van der Waals surface area contributed by atoms with Crippen LogP contribution in [0.15, 0.2) is 0 Å². The van der Waals surface area contributed by atoms with Crippen molar-refractivity contribution in [3.05, 3.63) is 0 Å². The molecule has 7 atom stereocenters. The minimum absolute atomic E-state index is 0.124. The minimum atomic E-state index is -0.954. The summed E-state index contributed by atoms with van der Waals surface area (Å²) in [5, 5.41) is 0. The molecule has 134 valence electrons. The molecular weight excluding hydrogens is 320 g/mol. The van der Waals surface area contributed by atoms with E-state index in [9.17, 15) is 9.59 Å². The molecular formula is C21H31ClO2. The highest BCUT2D eigenvalue weighted by molar-refractivity contribution is 6.55. The number of carbonyl (C=O) groups is 2. The van der Waals surface area contributed by atoms with Crippen LogP contribution in [0.2, 0.25) is 0 Å². The number of alkyl halides is 1. The second kappa shape index (κ2) is 5.32. The van der Waals surface area contributed by atoms with Gasteiger partial charge in [0.1, 0.15) is 4.87 Å². The van der Waals surface area contributed by atoms with Crippen LogP contribution in [0.25, 0.3) is 0 Å². The van der Waals surface area contributed by atoms with Gasteiger partial charge in [0.2, 0.25) is 11.6 Å². The molecule has 4 saturated carbocycles. The van der Waals surface area contributed by atoms with Crippen molar-refractivity contribution in [2.24, 2.45) is 34.5 Å². The summed E-state index contributed by atoms with van der Waals surface area (Å²) in [6, 6.07) is 0. The molecule has 0 bridgehead atoms. The van der Waals surface area contributed by atoms with Crippen LogP contribution in [0.4, 0.5) is 0 Å². The van der Waals surface area contributed by atoms with Crippen molar-refractivity contribution < 1.29 is 9.59 Å². The first-order valence-electron chi connectivity index (χ1n) is 10.1. The number of fused-ring (bicyclic) bond motifs is 5. The van der Waals surface area contributed by atoms with E-state index >= 15 is 0 Å². The van der Waals surface area contributed by atoms with Gasteiger partial charge in [-0.15, -0.1) is 11.6 Å². The van der Waals surface area contributed by atoms with Gasteiger partial charge in [-0.05, 0) is 68.1 Å². The summed E-state index contributed by atoms with van der Waals surface area (Å²) in [5.74, 6) is 1.28. The summed E-state index contributed by atoms with van der Waals surface area (Å²) < 4.78 is 0. The molecule has 3 heteroatoms. The van der Waals surface area contributed by atoms with E-state index in [2.05, 4.69) is 13.8 Å². The zero-order valence-corrected chi connectivity index (χ0v) is 16.1. The van der Waals surface area contributed by atoms with E-state index in [-0.39, 0.29) is 22.9 Å². The molecule has 4 aliphatic rings. The van der Waals surface area contributed by atoms with Gasteiger partial charge in [-0.25, -0.2) is 0 Å². The number of carbonyl (C=O) groups excluding carboxylic acids is 2. The topological polar surface area (TPSA) is 34.1 Å². The van der Waals surface area contributed by atoms with Gasteiger partial charge < -0.3 is 0 Å². The normalized spacial score (nSPS) is 54.2. The molecule has 0 aromatic carbocycles. The fourth-order valence-electron chi connectivity index (χ4n) is 7.59. The van der Waals surface area contributed by atoms with E-state index in [0.29, 0.717) is 23.7 Å². The summed E-state index contributed by atoms with van der Waals surface area (Å²) in [6.07, 6.45) is 10.4. The molecule has 0 aliphatic heterocycles. The molecule has 24 heavy (non-hydrogen) atoms. The molecule has 4 rings (SSSR count). The molecule has 0 radical (unpaired) electrons. The van der Waals surface area contributed by atoms with Crippen molar-refractivity contribution in [1.82, 2.24) is 0 Å². The molecule has 0 heterocycles. The lowest BCUT2D eigenvalue weighted by Crippen LogP contribution is -2.55. The lowest BCUT2D eigenvalue weighted by atomic mass is 9.44. The molecule has 0 spiro atoms. The van der Waals surface area contributed by atoms with Crippen LogP contribution < -0.4 is 0 Å². The smallest absolute Gasteiger partial charge is 0.220 e. The lowest BCUT2D eigenvalue weighted by molar-refractivity contribution is -0.143. The van der Waals surface area contributed by atoms with Crippen LogP contribution in [0.1, 0.15) is 78.6 Å². The highest BCUT2D eigenvalue weighted by atomic mass is 35.5. The Hall–Kier alpha value is -0.370. The predicted molar refractivity (Wildman–Crippen MR) is 96.0 cm³/mol. The van der Waals surface area contributed by atoms with E-state index < -0.39 is 4.87 Å². The molecule has 0 aromatic heterocycles. The van der Waals surface area contributed by atoms with Crippen LogP contribution in [-0.4, -0.2) is 16.4 Å². The zero-order valence-electron chi connectivity index (χ0n) is 15.4. The molecule has 4 fully saturated rings. The Bertz CT molecular complexity index is 586. The molecule has 1 unspecified atom stereocenters. The average molecular weight is 351 g/mol. The summed E-state index contributed by atoms with van der Waals surface area (Å²) in [6.45, 7) is 6.60. The standard InChI is InChI=1S/C21H31ClO2/c1-4-21(22)18(24)17(23)16-14-9-8-13-7-5-6-11-19(13,2)15(14)10-12-20(16,21)3/h13-16H,4-12H2,1-3H3/t13?,14-,15+,16-,19+,20+,21-/m1/s1. The maximum Gasteiger partial charge on any atom is 0.220 e. The number of rotatable bonds is 1. The monoisotopic (exact) mass is 350 g/mol.